The highest BCUT2D eigenvalue weighted by molar-refractivity contribution is 5.93. The van der Waals surface area contributed by atoms with E-state index in [2.05, 4.69) is 11.1 Å². The second kappa shape index (κ2) is 5.73. The minimum Gasteiger partial charge on any atom is -0.478 e. The van der Waals surface area contributed by atoms with Crippen molar-refractivity contribution in [3.63, 3.8) is 0 Å². The molecule has 0 saturated heterocycles. The van der Waals surface area contributed by atoms with Gasteiger partial charge in [-0.15, -0.1) is 0 Å². The third-order valence-electron chi connectivity index (χ3n) is 4.57. The Morgan fingerprint density at radius 2 is 2.00 bits per heavy atom. The van der Waals surface area contributed by atoms with E-state index in [0.29, 0.717) is 5.65 Å². The maximum atomic E-state index is 11.8. The number of carbonyl (C=O) groups excluding carboxylic acids is 1. The number of hydrogen-bond donors (Lipinski definition) is 1. The molecule has 0 spiro atoms. The number of anilines is 1. The number of aromatic nitrogens is 2. The van der Waals surface area contributed by atoms with Crippen molar-refractivity contribution < 1.29 is 14.7 Å². The lowest BCUT2D eigenvalue weighted by atomic mass is 9.98. The summed E-state index contributed by atoms with van der Waals surface area (Å²) in [5, 5.41) is 9.10. The van der Waals surface area contributed by atoms with Crippen LogP contribution in [0.15, 0.2) is 42.7 Å². The van der Waals surface area contributed by atoms with Gasteiger partial charge in [0.1, 0.15) is 5.65 Å². The van der Waals surface area contributed by atoms with Crippen LogP contribution in [0.25, 0.3) is 16.9 Å². The Morgan fingerprint density at radius 3 is 2.76 bits per heavy atom. The summed E-state index contributed by atoms with van der Waals surface area (Å²) in [4.78, 5) is 29.3. The zero-order chi connectivity index (χ0) is 17.6. The Hall–Kier alpha value is -3.15. The first kappa shape index (κ1) is 15.4. The number of hydrogen-bond acceptors (Lipinski definition) is 3. The topological polar surface area (TPSA) is 74.9 Å². The van der Waals surface area contributed by atoms with Gasteiger partial charge in [-0.1, -0.05) is 6.07 Å². The number of aryl methyl sites for hydroxylation is 1. The number of benzene rings is 1. The molecule has 3 aromatic rings. The van der Waals surface area contributed by atoms with Gasteiger partial charge in [0.15, 0.2) is 0 Å². The molecule has 0 radical (unpaired) electrons. The van der Waals surface area contributed by atoms with E-state index < -0.39 is 5.97 Å². The number of fused-ring (bicyclic) bond motifs is 2. The van der Waals surface area contributed by atoms with Crippen molar-refractivity contribution in [1.29, 1.82) is 0 Å². The monoisotopic (exact) mass is 335 g/mol. The summed E-state index contributed by atoms with van der Waals surface area (Å²) in [6.45, 7) is 2.35. The molecule has 3 heterocycles. The number of rotatable bonds is 2. The number of aromatic carboxylic acids is 1. The lowest BCUT2D eigenvalue weighted by Gasteiger charge is -2.28. The SMILES string of the molecule is CC(=O)N1CCCc2cc(-c3cn4cc(C(=O)O)ccc4n3)ccc21. The highest BCUT2D eigenvalue weighted by Crippen LogP contribution is 2.31. The number of pyridine rings is 1. The van der Waals surface area contributed by atoms with Gasteiger partial charge in [-0.3, -0.25) is 4.79 Å². The standard InChI is InChI=1S/C19H17N3O3/c1-12(23)22-8-2-3-14-9-13(4-6-17(14)22)16-11-21-10-15(19(24)25)5-7-18(21)20-16/h4-7,9-11H,2-3,8H2,1H3,(H,24,25). The van der Waals surface area contributed by atoms with Crippen LogP contribution in [0, 0.1) is 0 Å². The first-order valence-electron chi connectivity index (χ1n) is 8.16. The Balaban J connectivity index is 1.76. The molecule has 126 valence electrons. The third kappa shape index (κ3) is 2.65. The molecule has 1 aromatic carbocycles. The summed E-state index contributed by atoms with van der Waals surface area (Å²) >= 11 is 0. The van der Waals surface area contributed by atoms with Crippen molar-refractivity contribution in [2.75, 3.05) is 11.4 Å². The fraction of sp³-hybridized carbons (Fsp3) is 0.211. The van der Waals surface area contributed by atoms with E-state index in [9.17, 15) is 9.59 Å². The number of carboxylic acid groups (broad SMARTS) is 1. The molecule has 6 heteroatoms. The third-order valence-corrected chi connectivity index (χ3v) is 4.57. The molecule has 25 heavy (non-hydrogen) atoms. The number of nitrogens with zero attached hydrogens (tertiary/aromatic N) is 3. The largest absolute Gasteiger partial charge is 0.478 e. The van der Waals surface area contributed by atoms with Crippen molar-refractivity contribution in [2.45, 2.75) is 19.8 Å². The first-order chi connectivity index (χ1) is 12.0. The zero-order valence-corrected chi connectivity index (χ0v) is 13.8. The molecule has 0 fully saturated rings. The molecule has 0 atom stereocenters. The molecule has 1 amide bonds. The summed E-state index contributed by atoms with van der Waals surface area (Å²) in [6.07, 6.45) is 5.27. The number of amides is 1. The average molecular weight is 335 g/mol. The second-order valence-corrected chi connectivity index (χ2v) is 6.23. The van der Waals surface area contributed by atoms with Crippen molar-refractivity contribution in [3.05, 3.63) is 53.9 Å². The van der Waals surface area contributed by atoms with E-state index in [0.717, 1.165) is 41.9 Å². The lowest BCUT2D eigenvalue weighted by Crippen LogP contribution is -2.33. The minimum atomic E-state index is -0.963. The molecule has 1 aliphatic heterocycles. The van der Waals surface area contributed by atoms with Gasteiger partial charge in [0.2, 0.25) is 5.91 Å². The van der Waals surface area contributed by atoms with E-state index in [1.165, 1.54) is 0 Å². The Labute approximate surface area is 144 Å². The number of carboxylic acids is 1. The van der Waals surface area contributed by atoms with E-state index in [1.807, 2.05) is 23.2 Å². The molecule has 1 aliphatic rings. The highest BCUT2D eigenvalue weighted by atomic mass is 16.4. The second-order valence-electron chi connectivity index (χ2n) is 6.23. The predicted octanol–water partition coefficient (Wildman–Crippen LogP) is 3.00. The van der Waals surface area contributed by atoms with Crippen molar-refractivity contribution in [3.8, 4) is 11.3 Å². The molecule has 1 N–H and O–H groups in total. The van der Waals surface area contributed by atoms with Crippen LogP contribution in [0.4, 0.5) is 5.69 Å². The van der Waals surface area contributed by atoms with E-state index >= 15 is 0 Å². The number of imidazole rings is 1. The predicted molar refractivity (Wildman–Crippen MR) is 93.9 cm³/mol. The van der Waals surface area contributed by atoms with Gasteiger partial charge in [-0.25, -0.2) is 9.78 Å². The summed E-state index contributed by atoms with van der Waals surface area (Å²) in [5.41, 5.74) is 4.78. The van der Waals surface area contributed by atoms with E-state index in [4.69, 9.17) is 5.11 Å². The highest BCUT2D eigenvalue weighted by Gasteiger charge is 2.20. The van der Waals surface area contributed by atoms with E-state index in [-0.39, 0.29) is 11.5 Å². The van der Waals surface area contributed by atoms with Crippen LogP contribution >= 0.6 is 0 Å². The molecule has 0 aliphatic carbocycles. The smallest absolute Gasteiger partial charge is 0.337 e. The van der Waals surface area contributed by atoms with Gasteiger partial charge in [-0.2, -0.15) is 0 Å². The molecule has 0 bridgehead atoms. The summed E-state index contributed by atoms with van der Waals surface area (Å²) in [6, 6.07) is 9.25. The first-order valence-corrected chi connectivity index (χ1v) is 8.16. The van der Waals surface area contributed by atoms with Crippen molar-refractivity contribution in [1.82, 2.24) is 9.38 Å². The van der Waals surface area contributed by atoms with Gasteiger partial charge < -0.3 is 14.4 Å². The van der Waals surface area contributed by atoms with Crippen LogP contribution < -0.4 is 4.90 Å². The molecule has 0 unspecified atom stereocenters. The van der Waals surface area contributed by atoms with Crippen LogP contribution in [0.3, 0.4) is 0 Å². The summed E-state index contributed by atoms with van der Waals surface area (Å²) in [7, 11) is 0. The molecular formula is C19H17N3O3. The summed E-state index contributed by atoms with van der Waals surface area (Å²) in [5.74, 6) is -0.905. The van der Waals surface area contributed by atoms with Gasteiger partial charge in [0.05, 0.1) is 11.3 Å². The maximum Gasteiger partial charge on any atom is 0.337 e. The van der Waals surface area contributed by atoms with Gasteiger partial charge in [-0.05, 0) is 42.7 Å². The fourth-order valence-corrected chi connectivity index (χ4v) is 3.34. The van der Waals surface area contributed by atoms with E-state index in [1.54, 1.807) is 29.7 Å². The van der Waals surface area contributed by atoms with Crippen molar-refractivity contribution in [2.24, 2.45) is 0 Å². The maximum absolute atomic E-state index is 11.8. The Morgan fingerprint density at radius 1 is 1.16 bits per heavy atom. The van der Waals surface area contributed by atoms with Gasteiger partial charge in [0.25, 0.3) is 0 Å². The molecular weight excluding hydrogens is 318 g/mol. The van der Waals surface area contributed by atoms with Crippen LogP contribution in [-0.2, 0) is 11.2 Å². The Bertz CT molecular complexity index is 1010. The molecule has 0 saturated carbocycles. The molecule has 6 nitrogen and oxygen atoms in total. The summed E-state index contributed by atoms with van der Waals surface area (Å²) < 4.78 is 1.72. The van der Waals surface area contributed by atoms with Gasteiger partial charge >= 0.3 is 5.97 Å². The zero-order valence-electron chi connectivity index (χ0n) is 13.8. The normalized spacial score (nSPS) is 13.7. The lowest BCUT2D eigenvalue weighted by molar-refractivity contribution is -0.116. The quantitative estimate of drug-likeness (QED) is 0.781. The van der Waals surface area contributed by atoms with Crippen LogP contribution in [0.1, 0.15) is 29.3 Å². The molecule has 2 aromatic heterocycles. The Kier molecular flexibility index (Phi) is 3.53. The number of carbonyl (C=O) groups is 2. The molecule has 4 rings (SSSR count). The minimum absolute atomic E-state index is 0.0580. The van der Waals surface area contributed by atoms with Crippen LogP contribution in [0.5, 0.6) is 0 Å². The average Bonchev–Trinajstić information content (AvgIpc) is 3.03. The van der Waals surface area contributed by atoms with Crippen molar-refractivity contribution >= 4 is 23.2 Å². The van der Waals surface area contributed by atoms with Crippen LogP contribution in [0.2, 0.25) is 0 Å². The fourth-order valence-electron chi connectivity index (χ4n) is 3.34. The van der Waals surface area contributed by atoms with Crippen LogP contribution in [-0.4, -0.2) is 32.9 Å². The van der Waals surface area contributed by atoms with Gasteiger partial charge in [0, 0.05) is 37.1 Å².